The molecule has 0 bridgehead atoms. The molecule has 1 unspecified atom stereocenters. The van der Waals surface area contributed by atoms with E-state index in [0.29, 0.717) is 39.4 Å². The first-order chi connectivity index (χ1) is 26.7. The van der Waals surface area contributed by atoms with Crippen LogP contribution in [0.25, 0.3) is 32.9 Å². The van der Waals surface area contributed by atoms with Gasteiger partial charge in [0.2, 0.25) is 11.8 Å². The number of fused-ring (bicyclic) bond motifs is 4. The molecule has 5 aromatic rings. The largest absolute Gasteiger partial charge is 0.357 e. The van der Waals surface area contributed by atoms with E-state index >= 15 is 0 Å². The van der Waals surface area contributed by atoms with Gasteiger partial charge in [0.1, 0.15) is 11.9 Å². The number of nitrogens with one attached hydrogen (secondary N) is 1. The Morgan fingerprint density at radius 2 is 1.55 bits per heavy atom. The van der Waals surface area contributed by atoms with Gasteiger partial charge in [-0.25, -0.2) is 4.98 Å². The van der Waals surface area contributed by atoms with Crippen LogP contribution in [-0.4, -0.2) is 86.7 Å². The molecule has 7 heterocycles. The molecule has 4 aliphatic heterocycles. The molecule has 1 N–H and O–H groups in total. The zero-order chi connectivity index (χ0) is 37.8. The SMILES string of the molecule is O=C1CCC(N2C(=O)c3ccc(C4CCN(CCC5CCN(c6ccc(-c7ccc8c9cnccc9n(C(F)F)c8c7)cn6)CC5)CC4)cc3C2=O)C(=O)N1. The molecule has 3 saturated heterocycles. The number of halogens is 2. The summed E-state index contributed by atoms with van der Waals surface area (Å²) >= 11 is 0. The van der Waals surface area contributed by atoms with Crippen LogP contribution < -0.4 is 10.2 Å². The molecule has 11 nitrogen and oxygen atoms in total. The molecular formula is C42H41F2N7O4. The number of benzene rings is 2. The zero-order valence-electron chi connectivity index (χ0n) is 30.3. The lowest BCUT2D eigenvalue weighted by atomic mass is 9.87. The number of likely N-dealkylation sites (tertiary alicyclic amines) is 1. The number of hydrogen-bond acceptors (Lipinski definition) is 8. The first-order valence-corrected chi connectivity index (χ1v) is 19.2. The Bertz CT molecular complexity index is 2330. The van der Waals surface area contributed by atoms with Gasteiger partial charge in [0.05, 0.1) is 22.2 Å². The lowest BCUT2D eigenvalue weighted by Crippen LogP contribution is -2.54. The van der Waals surface area contributed by atoms with Crippen LogP contribution >= 0.6 is 0 Å². The van der Waals surface area contributed by atoms with E-state index in [9.17, 15) is 28.0 Å². The van der Waals surface area contributed by atoms with Gasteiger partial charge >= 0.3 is 6.55 Å². The summed E-state index contributed by atoms with van der Waals surface area (Å²) in [7, 11) is 0. The lowest BCUT2D eigenvalue weighted by Gasteiger charge is -2.36. The Hall–Kier alpha value is -5.56. The number of aromatic nitrogens is 3. The van der Waals surface area contributed by atoms with Crippen LogP contribution in [0.4, 0.5) is 14.6 Å². The first-order valence-electron chi connectivity index (χ1n) is 19.2. The van der Waals surface area contributed by atoms with Gasteiger partial charge < -0.3 is 9.80 Å². The minimum absolute atomic E-state index is 0.0991. The van der Waals surface area contributed by atoms with Gasteiger partial charge in [0, 0.05) is 54.4 Å². The maximum Gasteiger partial charge on any atom is 0.319 e. The van der Waals surface area contributed by atoms with Crippen molar-refractivity contribution in [2.45, 2.75) is 63.5 Å². The number of nitrogens with zero attached hydrogens (tertiary/aromatic N) is 6. The van der Waals surface area contributed by atoms with Gasteiger partial charge in [-0.3, -0.25) is 38.9 Å². The van der Waals surface area contributed by atoms with Crippen LogP contribution in [0, 0.1) is 5.92 Å². The number of alkyl halides is 2. The average Bonchev–Trinajstić information content (AvgIpc) is 3.67. The van der Waals surface area contributed by atoms with Crippen molar-refractivity contribution in [3.05, 3.63) is 89.9 Å². The van der Waals surface area contributed by atoms with Crippen molar-refractivity contribution >= 4 is 51.3 Å². The van der Waals surface area contributed by atoms with Crippen LogP contribution in [0.15, 0.2) is 73.2 Å². The van der Waals surface area contributed by atoms with Gasteiger partial charge in [-0.15, -0.1) is 0 Å². The van der Waals surface area contributed by atoms with E-state index in [1.54, 1.807) is 18.3 Å². The molecule has 0 aliphatic carbocycles. The number of pyridine rings is 2. The number of imide groups is 2. The molecule has 13 heteroatoms. The smallest absolute Gasteiger partial charge is 0.319 e. The summed E-state index contributed by atoms with van der Waals surface area (Å²) in [5.74, 6) is -0.0519. The number of amides is 4. The fraction of sp³-hybridized carbons (Fsp3) is 0.381. The van der Waals surface area contributed by atoms with E-state index in [4.69, 9.17) is 4.98 Å². The van der Waals surface area contributed by atoms with E-state index in [0.717, 1.165) is 102 Å². The number of anilines is 1. The highest BCUT2D eigenvalue weighted by Crippen LogP contribution is 2.37. The molecule has 0 saturated carbocycles. The van der Waals surface area contributed by atoms with E-state index in [1.807, 2.05) is 48.7 Å². The van der Waals surface area contributed by atoms with E-state index in [-0.39, 0.29) is 18.7 Å². The zero-order valence-corrected chi connectivity index (χ0v) is 30.3. The van der Waals surface area contributed by atoms with Crippen LogP contribution in [0.1, 0.15) is 83.7 Å². The Kier molecular flexibility index (Phi) is 9.12. The van der Waals surface area contributed by atoms with Gasteiger partial charge in [-0.2, -0.15) is 8.78 Å². The molecule has 55 heavy (non-hydrogen) atoms. The van der Waals surface area contributed by atoms with E-state index in [2.05, 4.69) is 20.1 Å². The quantitative estimate of drug-likeness (QED) is 0.178. The predicted molar refractivity (Wildman–Crippen MR) is 203 cm³/mol. The summed E-state index contributed by atoms with van der Waals surface area (Å²) in [5, 5.41) is 3.71. The highest BCUT2D eigenvalue weighted by atomic mass is 19.3. The Morgan fingerprint density at radius 1 is 0.764 bits per heavy atom. The number of rotatable bonds is 8. The summed E-state index contributed by atoms with van der Waals surface area (Å²) in [6, 6.07) is 15.9. The van der Waals surface area contributed by atoms with Crippen molar-refractivity contribution in [2.75, 3.05) is 37.6 Å². The molecule has 4 aliphatic rings. The van der Waals surface area contributed by atoms with Gasteiger partial charge in [-0.05, 0) is 118 Å². The van der Waals surface area contributed by atoms with Crippen LogP contribution in [0.3, 0.4) is 0 Å². The molecule has 282 valence electrons. The molecule has 4 amide bonds. The normalized spacial score (nSPS) is 20.3. The Morgan fingerprint density at radius 3 is 2.29 bits per heavy atom. The monoisotopic (exact) mass is 745 g/mol. The van der Waals surface area contributed by atoms with Crippen molar-refractivity contribution in [3.63, 3.8) is 0 Å². The molecule has 0 spiro atoms. The number of hydrogen-bond donors (Lipinski definition) is 1. The molecular weight excluding hydrogens is 705 g/mol. The predicted octanol–water partition coefficient (Wildman–Crippen LogP) is 6.53. The third kappa shape index (κ3) is 6.43. The third-order valence-electron chi connectivity index (χ3n) is 12.2. The van der Waals surface area contributed by atoms with Crippen molar-refractivity contribution in [1.29, 1.82) is 0 Å². The van der Waals surface area contributed by atoms with Gasteiger partial charge in [0.15, 0.2) is 0 Å². The van der Waals surface area contributed by atoms with E-state index < -0.39 is 30.3 Å². The van der Waals surface area contributed by atoms with Gasteiger partial charge in [0.25, 0.3) is 11.8 Å². The summed E-state index contributed by atoms with van der Waals surface area (Å²) in [6.45, 7) is 2.21. The molecule has 9 rings (SSSR count). The Balaban J connectivity index is 0.758. The van der Waals surface area contributed by atoms with E-state index in [1.165, 1.54) is 6.20 Å². The van der Waals surface area contributed by atoms with Crippen molar-refractivity contribution in [3.8, 4) is 11.1 Å². The highest BCUT2D eigenvalue weighted by molar-refractivity contribution is 6.23. The number of carbonyl (C=O) groups excluding carboxylic acids is 4. The fourth-order valence-corrected chi connectivity index (χ4v) is 9.08. The number of carbonyl (C=O) groups is 4. The fourth-order valence-electron chi connectivity index (χ4n) is 9.08. The summed E-state index contributed by atoms with van der Waals surface area (Å²) in [5.41, 5.74) is 4.37. The second-order valence-corrected chi connectivity index (χ2v) is 15.3. The molecule has 0 radical (unpaired) electrons. The van der Waals surface area contributed by atoms with Crippen molar-refractivity contribution in [1.82, 2.24) is 29.7 Å². The van der Waals surface area contributed by atoms with Gasteiger partial charge in [-0.1, -0.05) is 18.2 Å². The second-order valence-electron chi connectivity index (χ2n) is 15.3. The van der Waals surface area contributed by atoms with Crippen LogP contribution in [-0.2, 0) is 9.59 Å². The van der Waals surface area contributed by atoms with Crippen LogP contribution in [0.2, 0.25) is 0 Å². The first kappa shape index (κ1) is 35.2. The lowest BCUT2D eigenvalue weighted by molar-refractivity contribution is -0.136. The molecule has 2 aromatic carbocycles. The minimum atomic E-state index is -2.66. The second kappa shape index (κ2) is 14.3. The van der Waals surface area contributed by atoms with Crippen molar-refractivity contribution < 1.29 is 28.0 Å². The third-order valence-corrected chi connectivity index (χ3v) is 12.2. The molecule has 3 fully saturated rings. The maximum atomic E-state index is 14.1. The highest BCUT2D eigenvalue weighted by Gasteiger charge is 2.45. The van der Waals surface area contributed by atoms with Crippen LogP contribution in [0.5, 0.6) is 0 Å². The van der Waals surface area contributed by atoms with Crippen molar-refractivity contribution in [2.24, 2.45) is 5.92 Å². The summed E-state index contributed by atoms with van der Waals surface area (Å²) in [4.78, 5) is 65.3. The topological polar surface area (TPSA) is 121 Å². The standard InChI is InChI=1S/C42H41F2N7O4/c43-42(44)50-34-9-15-45-24-33(34)30-4-1-28(22-36(30)50)29-3-7-37(46-23-29)49-19-11-25(12-20-49)10-16-48-17-13-26(14-18-48)27-2-5-31-32(21-27)41(55)51(40(31)54)35-6-8-38(52)47-39(35)53/h1-5,7,9,15,21-26,35,42H,6,8,10-14,16-20H2,(H,47,52,53). The average molecular weight is 746 g/mol. The Labute approximate surface area is 316 Å². The summed E-state index contributed by atoms with van der Waals surface area (Å²) in [6.07, 6.45) is 10.5. The molecule has 3 aromatic heterocycles. The summed E-state index contributed by atoms with van der Waals surface area (Å²) < 4.78 is 29.3. The maximum absolute atomic E-state index is 14.1. The molecule has 1 atom stereocenters. The minimum Gasteiger partial charge on any atom is -0.357 e. The number of piperidine rings is 3.